The summed E-state index contributed by atoms with van der Waals surface area (Å²) < 4.78 is 7.78. The molecule has 2 aliphatic heterocycles. The zero-order valence-corrected chi connectivity index (χ0v) is 14.2. The van der Waals surface area contributed by atoms with Crippen LogP contribution in [0.4, 0.5) is 0 Å². The molecule has 24 heavy (non-hydrogen) atoms. The highest BCUT2D eigenvalue weighted by molar-refractivity contribution is 6.30. The lowest BCUT2D eigenvalue weighted by Gasteiger charge is -2.32. The molecule has 4 rings (SSSR count). The molecule has 3 heterocycles. The fraction of sp³-hybridized carbons (Fsp3) is 0.471. The van der Waals surface area contributed by atoms with Crippen LogP contribution in [0.1, 0.15) is 30.1 Å². The fourth-order valence-corrected chi connectivity index (χ4v) is 3.77. The van der Waals surface area contributed by atoms with Crippen LogP contribution in [-0.4, -0.2) is 44.8 Å². The second kappa shape index (κ2) is 6.09. The molecule has 6 nitrogen and oxygen atoms in total. The predicted molar refractivity (Wildman–Crippen MR) is 89.1 cm³/mol. The van der Waals surface area contributed by atoms with E-state index in [0.29, 0.717) is 17.4 Å². The molecule has 0 bridgehead atoms. The Labute approximate surface area is 145 Å². The van der Waals surface area contributed by atoms with E-state index in [4.69, 9.17) is 16.3 Å². The lowest BCUT2D eigenvalue weighted by Crippen LogP contribution is -2.45. The van der Waals surface area contributed by atoms with Crippen LogP contribution in [0.25, 0.3) is 0 Å². The van der Waals surface area contributed by atoms with E-state index >= 15 is 0 Å². The SMILES string of the molecule is Cn1cnnc1C1CCN(C(=O)C2Cc3cc(Cl)ccc3O2)CC1. The van der Waals surface area contributed by atoms with Crippen LogP contribution in [0.5, 0.6) is 5.75 Å². The van der Waals surface area contributed by atoms with Gasteiger partial charge in [0.15, 0.2) is 6.10 Å². The van der Waals surface area contributed by atoms with Gasteiger partial charge in [0.1, 0.15) is 17.9 Å². The van der Waals surface area contributed by atoms with E-state index in [2.05, 4.69) is 10.2 Å². The largest absolute Gasteiger partial charge is 0.480 e. The standard InChI is InChI=1S/C17H19ClN4O2/c1-21-10-19-20-16(21)11-4-6-22(7-5-11)17(23)15-9-12-8-13(18)2-3-14(12)24-15/h2-3,8,10-11,15H,4-7,9H2,1H3. The van der Waals surface area contributed by atoms with Crippen molar-refractivity contribution in [2.24, 2.45) is 7.05 Å². The third kappa shape index (κ3) is 2.75. The highest BCUT2D eigenvalue weighted by Gasteiger charge is 2.35. The third-order valence-electron chi connectivity index (χ3n) is 4.89. The van der Waals surface area contributed by atoms with E-state index < -0.39 is 6.10 Å². The minimum absolute atomic E-state index is 0.0683. The lowest BCUT2D eigenvalue weighted by atomic mass is 9.95. The summed E-state index contributed by atoms with van der Waals surface area (Å²) in [5.74, 6) is 2.20. The quantitative estimate of drug-likeness (QED) is 0.836. The molecule has 2 aliphatic rings. The van der Waals surface area contributed by atoms with E-state index in [-0.39, 0.29) is 5.91 Å². The van der Waals surface area contributed by atoms with Gasteiger partial charge >= 0.3 is 0 Å². The Morgan fingerprint density at radius 3 is 2.83 bits per heavy atom. The first kappa shape index (κ1) is 15.4. The average molecular weight is 347 g/mol. The van der Waals surface area contributed by atoms with Crippen molar-refractivity contribution in [3.8, 4) is 5.75 Å². The molecule has 1 aromatic carbocycles. The number of halogens is 1. The van der Waals surface area contributed by atoms with Crippen LogP contribution in [-0.2, 0) is 18.3 Å². The molecule has 0 spiro atoms. The number of carbonyl (C=O) groups excluding carboxylic acids is 1. The minimum Gasteiger partial charge on any atom is -0.480 e. The molecule has 1 atom stereocenters. The maximum atomic E-state index is 12.7. The predicted octanol–water partition coefficient (Wildman–Crippen LogP) is 2.18. The van der Waals surface area contributed by atoms with E-state index in [1.165, 1.54) is 0 Å². The van der Waals surface area contributed by atoms with Crippen molar-refractivity contribution in [1.29, 1.82) is 0 Å². The summed E-state index contributed by atoms with van der Waals surface area (Å²) in [7, 11) is 1.96. The molecule has 0 saturated carbocycles. The van der Waals surface area contributed by atoms with Crippen molar-refractivity contribution in [2.75, 3.05) is 13.1 Å². The summed E-state index contributed by atoms with van der Waals surface area (Å²) in [4.78, 5) is 14.7. The first-order valence-electron chi connectivity index (χ1n) is 8.19. The minimum atomic E-state index is -0.426. The molecule has 2 aromatic rings. The second-order valence-electron chi connectivity index (χ2n) is 6.46. The van der Waals surface area contributed by atoms with E-state index in [9.17, 15) is 4.79 Å². The van der Waals surface area contributed by atoms with Gasteiger partial charge in [-0.2, -0.15) is 0 Å². The number of benzene rings is 1. The molecule has 0 N–H and O–H groups in total. The van der Waals surface area contributed by atoms with Crippen LogP contribution < -0.4 is 4.74 Å². The first-order valence-corrected chi connectivity index (χ1v) is 8.57. The maximum Gasteiger partial charge on any atom is 0.263 e. The Morgan fingerprint density at radius 2 is 2.12 bits per heavy atom. The summed E-state index contributed by atoms with van der Waals surface area (Å²) in [6, 6.07) is 5.51. The Kier molecular flexibility index (Phi) is 3.92. The monoisotopic (exact) mass is 346 g/mol. The molecule has 0 aliphatic carbocycles. The highest BCUT2D eigenvalue weighted by Crippen LogP contribution is 2.33. The third-order valence-corrected chi connectivity index (χ3v) is 5.13. The fourth-order valence-electron chi connectivity index (χ4n) is 3.58. The number of amides is 1. The normalized spacial score (nSPS) is 20.8. The van der Waals surface area contributed by atoms with Gasteiger partial charge in [-0.05, 0) is 36.6 Å². The van der Waals surface area contributed by atoms with Gasteiger partial charge < -0.3 is 14.2 Å². The number of hydrogen-bond donors (Lipinski definition) is 0. The zero-order valence-electron chi connectivity index (χ0n) is 13.5. The molecule has 126 valence electrons. The first-order chi connectivity index (χ1) is 11.6. The van der Waals surface area contributed by atoms with Crippen molar-refractivity contribution in [3.05, 3.63) is 40.9 Å². The number of likely N-dealkylation sites (tertiary alicyclic amines) is 1. The van der Waals surface area contributed by atoms with Crippen molar-refractivity contribution < 1.29 is 9.53 Å². The zero-order chi connectivity index (χ0) is 16.7. The summed E-state index contributed by atoms with van der Waals surface area (Å²) >= 11 is 6.01. The van der Waals surface area contributed by atoms with Gasteiger partial charge in [-0.1, -0.05) is 11.6 Å². The number of piperidine rings is 1. The Bertz CT molecular complexity index is 768. The molecule has 1 saturated heterocycles. The Hall–Kier alpha value is -2.08. The number of ether oxygens (including phenoxy) is 1. The van der Waals surface area contributed by atoms with E-state index in [1.54, 1.807) is 12.4 Å². The molecule has 1 aromatic heterocycles. The summed E-state index contributed by atoms with van der Waals surface area (Å²) in [5, 5.41) is 8.82. The smallest absolute Gasteiger partial charge is 0.263 e. The molecule has 1 fully saturated rings. The van der Waals surface area contributed by atoms with Gasteiger partial charge in [-0.15, -0.1) is 10.2 Å². The van der Waals surface area contributed by atoms with Crippen molar-refractivity contribution >= 4 is 17.5 Å². The van der Waals surface area contributed by atoms with Crippen molar-refractivity contribution in [3.63, 3.8) is 0 Å². The van der Waals surface area contributed by atoms with Crippen LogP contribution >= 0.6 is 11.6 Å². The molecule has 1 unspecified atom stereocenters. The number of fused-ring (bicyclic) bond motifs is 1. The number of hydrogen-bond acceptors (Lipinski definition) is 4. The van der Waals surface area contributed by atoms with Gasteiger partial charge in [-0.25, -0.2) is 0 Å². The number of aryl methyl sites for hydroxylation is 1. The van der Waals surface area contributed by atoms with Crippen LogP contribution in [0, 0.1) is 0 Å². The highest BCUT2D eigenvalue weighted by atomic mass is 35.5. The number of carbonyl (C=O) groups is 1. The molecule has 1 amide bonds. The van der Waals surface area contributed by atoms with Gasteiger partial charge in [-0.3, -0.25) is 4.79 Å². The number of aromatic nitrogens is 3. The van der Waals surface area contributed by atoms with Crippen molar-refractivity contribution in [2.45, 2.75) is 31.3 Å². The van der Waals surface area contributed by atoms with Crippen LogP contribution in [0.2, 0.25) is 5.02 Å². The van der Waals surface area contributed by atoms with E-state index in [1.807, 2.05) is 28.6 Å². The Balaban J connectivity index is 1.38. The molecular formula is C17H19ClN4O2. The average Bonchev–Trinajstić information content (AvgIpc) is 3.20. The summed E-state index contributed by atoms with van der Waals surface area (Å²) in [5.41, 5.74) is 1.01. The number of rotatable bonds is 2. The van der Waals surface area contributed by atoms with Crippen LogP contribution in [0.3, 0.4) is 0 Å². The molecule has 0 radical (unpaired) electrons. The Morgan fingerprint density at radius 1 is 1.33 bits per heavy atom. The second-order valence-corrected chi connectivity index (χ2v) is 6.90. The lowest BCUT2D eigenvalue weighted by molar-refractivity contribution is -0.139. The van der Waals surface area contributed by atoms with Gasteiger partial charge in [0.25, 0.3) is 5.91 Å². The van der Waals surface area contributed by atoms with E-state index in [0.717, 1.165) is 43.1 Å². The maximum absolute atomic E-state index is 12.7. The number of nitrogens with zero attached hydrogens (tertiary/aromatic N) is 4. The molecule has 7 heteroatoms. The summed E-state index contributed by atoms with van der Waals surface area (Å²) in [6.07, 6.45) is 3.71. The van der Waals surface area contributed by atoms with Crippen LogP contribution in [0.15, 0.2) is 24.5 Å². The topological polar surface area (TPSA) is 60.2 Å². The molecular weight excluding hydrogens is 328 g/mol. The van der Waals surface area contributed by atoms with Gasteiger partial charge in [0.05, 0.1) is 0 Å². The van der Waals surface area contributed by atoms with Gasteiger partial charge in [0.2, 0.25) is 0 Å². The van der Waals surface area contributed by atoms with Crippen molar-refractivity contribution in [1.82, 2.24) is 19.7 Å². The van der Waals surface area contributed by atoms with Gasteiger partial charge in [0, 0.05) is 37.5 Å². The summed E-state index contributed by atoms with van der Waals surface area (Å²) in [6.45, 7) is 1.46.